The van der Waals surface area contributed by atoms with Crippen LogP contribution in [0.2, 0.25) is 0 Å². The lowest BCUT2D eigenvalue weighted by atomic mass is 9.97. The first-order valence-electron chi connectivity index (χ1n) is 11.5. The lowest BCUT2D eigenvalue weighted by Gasteiger charge is -2.29. The van der Waals surface area contributed by atoms with E-state index >= 15 is 0 Å². The Bertz CT molecular complexity index is 1190. The summed E-state index contributed by atoms with van der Waals surface area (Å²) in [4.78, 5) is 23.3. The minimum Gasteiger partial charge on any atom is -0.492 e. The van der Waals surface area contributed by atoms with E-state index in [2.05, 4.69) is 32.7 Å². The maximum atomic E-state index is 11.8. The van der Waals surface area contributed by atoms with Gasteiger partial charge in [-0.05, 0) is 61.2 Å². The quantitative estimate of drug-likeness (QED) is 0.516. The molecule has 174 valence electrons. The van der Waals surface area contributed by atoms with Crippen molar-refractivity contribution in [3.05, 3.63) is 66.1 Å². The standard InChI is InChI=1S/C26H27N5O3/c1-2-34-22-13-19(15-27-16-22)23-14-18-7-8-28-24(17-32)25(18)26(30-23)29-20-3-5-21(6-4-20)31-9-11-33-12-10-31/h3-8,13-17,24,28H,2,9-12H2,1H3,(H,29,30). The molecule has 8 heteroatoms. The molecule has 4 heterocycles. The zero-order chi connectivity index (χ0) is 23.3. The van der Waals surface area contributed by atoms with Gasteiger partial charge in [0.1, 0.15) is 23.9 Å². The third kappa shape index (κ3) is 4.58. The minimum atomic E-state index is -0.482. The van der Waals surface area contributed by atoms with Crippen molar-refractivity contribution in [2.45, 2.75) is 13.0 Å². The highest BCUT2D eigenvalue weighted by Crippen LogP contribution is 2.34. The molecule has 1 saturated heterocycles. The zero-order valence-electron chi connectivity index (χ0n) is 19.0. The molecule has 0 bridgehead atoms. The highest BCUT2D eigenvalue weighted by molar-refractivity contribution is 5.80. The van der Waals surface area contributed by atoms with Crippen molar-refractivity contribution in [1.29, 1.82) is 0 Å². The van der Waals surface area contributed by atoms with Crippen molar-refractivity contribution in [2.75, 3.05) is 43.1 Å². The Balaban J connectivity index is 1.50. The number of anilines is 3. The molecule has 0 radical (unpaired) electrons. The molecule has 8 nitrogen and oxygen atoms in total. The molecule has 34 heavy (non-hydrogen) atoms. The van der Waals surface area contributed by atoms with Crippen LogP contribution in [0.25, 0.3) is 17.3 Å². The Labute approximate surface area is 198 Å². The number of fused-ring (bicyclic) bond motifs is 1. The number of hydrogen-bond donors (Lipinski definition) is 2. The molecule has 2 aliphatic heterocycles. The second-order valence-corrected chi connectivity index (χ2v) is 8.09. The van der Waals surface area contributed by atoms with Crippen molar-refractivity contribution < 1.29 is 14.3 Å². The number of carbonyl (C=O) groups is 1. The van der Waals surface area contributed by atoms with Gasteiger partial charge >= 0.3 is 0 Å². The molecule has 2 N–H and O–H groups in total. The smallest absolute Gasteiger partial charge is 0.146 e. The maximum Gasteiger partial charge on any atom is 0.146 e. The Morgan fingerprint density at radius 3 is 2.79 bits per heavy atom. The third-order valence-corrected chi connectivity index (χ3v) is 5.90. The summed E-state index contributed by atoms with van der Waals surface area (Å²) in [6.07, 6.45) is 8.09. The van der Waals surface area contributed by atoms with Gasteiger partial charge in [0, 0.05) is 41.8 Å². The summed E-state index contributed by atoms with van der Waals surface area (Å²) in [5.74, 6) is 1.32. The van der Waals surface area contributed by atoms with Crippen molar-refractivity contribution in [2.24, 2.45) is 0 Å². The first kappa shape index (κ1) is 21.9. The van der Waals surface area contributed by atoms with E-state index in [9.17, 15) is 4.79 Å². The normalized spacial score (nSPS) is 17.0. The van der Waals surface area contributed by atoms with E-state index in [-0.39, 0.29) is 0 Å². The molecule has 1 atom stereocenters. The van der Waals surface area contributed by atoms with Crippen molar-refractivity contribution in [3.63, 3.8) is 0 Å². The molecule has 1 unspecified atom stereocenters. The Morgan fingerprint density at radius 1 is 1.21 bits per heavy atom. The van der Waals surface area contributed by atoms with Gasteiger partial charge in [0.25, 0.3) is 0 Å². The van der Waals surface area contributed by atoms with Crippen LogP contribution in [0.15, 0.2) is 55.0 Å². The van der Waals surface area contributed by atoms with E-state index in [1.165, 1.54) is 0 Å². The highest BCUT2D eigenvalue weighted by Gasteiger charge is 2.23. The molecule has 1 aromatic carbocycles. The van der Waals surface area contributed by atoms with Crippen LogP contribution in [0.4, 0.5) is 17.2 Å². The SMILES string of the molecule is CCOc1cncc(-c2cc3c(c(Nc4ccc(N5CCOCC5)cc4)n2)C(C=O)NC=C3)c1. The molecule has 0 saturated carbocycles. The monoisotopic (exact) mass is 457 g/mol. The summed E-state index contributed by atoms with van der Waals surface area (Å²) in [5, 5.41) is 6.55. The fourth-order valence-electron chi connectivity index (χ4n) is 4.23. The molecule has 0 aliphatic carbocycles. The van der Waals surface area contributed by atoms with E-state index in [4.69, 9.17) is 14.5 Å². The van der Waals surface area contributed by atoms with Crippen LogP contribution in [-0.2, 0) is 9.53 Å². The van der Waals surface area contributed by atoms with E-state index in [0.717, 1.165) is 66.3 Å². The summed E-state index contributed by atoms with van der Waals surface area (Å²) < 4.78 is 11.1. The summed E-state index contributed by atoms with van der Waals surface area (Å²) in [6.45, 7) is 5.76. The van der Waals surface area contributed by atoms with Crippen LogP contribution >= 0.6 is 0 Å². The largest absolute Gasteiger partial charge is 0.492 e. The number of rotatable bonds is 7. The number of nitrogens with one attached hydrogen (secondary N) is 2. The molecule has 3 aromatic rings. The number of ether oxygens (including phenoxy) is 2. The number of hydrogen-bond acceptors (Lipinski definition) is 8. The average Bonchev–Trinajstić information content (AvgIpc) is 2.89. The van der Waals surface area contributed by atoms with Crippen molar-refractivity contribution in [1.82, 2.24) is 15.3 Å². The fraction of sp³-hybridized carbons (Fsp3) is 0.269. The molecular formula is C26H27N5O3. The van der Waals surface area contributed by atoms with Crippen LogP contribution in [0.5, 0.6) is 5.75 Å². The van der Waals surface area contributed by atoms with E-state index in [1.807, 2.05) is 37.3 Å². The highest BCUT2D eigenvalue weighted by atomic mass is 16.5. The van der Waals surface area contributed by atoms with E-state index in [1.54, 1.807) is 18.6 Å². The fourth-order valence-corrected chi connectivity index (χ4v) is 4.23. The molecule has 1 fully saturated rings. The Kier molecular flexibility index (Phi) is 6.40. The van der Waals surface area contributed by atoms with Gasteiger partial charge in [0.2, 0.25) is 0 Å². The predicted octanol–water partition coefficient (Wildman–Crippen LogP) is 3.94. The van der Waals surface area contributed by atoms with Gasteiger partial charge in [0.15, 0.2) is 0 Å². The van der Waals surface area contributed by atoms with Crippen LogP contribution in [0, 0.1) is 0 Å². The topological polar surface area (TPSA) is 88.6 Å². The Hall–Kier alpha value is -3.91. The number of pyridine rings is 2. The van der Waals surface area contributed by atoms with Crippen molar-refractivity contribution in [3.8, 4) is 17.0 Å². The lowest BCUT2D eigenvalue weighted by Crippen LogP contribution is -2.36. The third-order valence-electron chi connectivity index (χ3n) is 5.90. The maximum absolute atomic E-state index is 11.8. The van der Waals surface area contributed by atoms with Crippen LogP contribution in [-0.4, -0.2) is 49.2 Å². The molecule has 2 aromatic heterocycles. The molecule has 5 rings (SSSR count). The van der Waals surface area contributed by atoms with Gasteiger partial charge in [-0.25, -0.2) is 4.98 Å². The molecule has 2 aliphatic rings. The number of nitrogens with zero attached hydrogens (tertiary/aromatic N) is 3. The second kappa shape index (κ2) is 9.93. The van der Waals surface area contributed by atoms with Crippen LogP contribution in [0.1, 0.15) is 24.1 Å². The number of aldehydes is 1. The van der Waals surface area contributed by atoms with Gasteiger partial charge < -0.3 is 29.8 Å². The Morgan fingerprint density at radius 2 is 2.03 bits per heavy atom. The van der Waals surface area contributed by atoms with Gasteiger partial charge in [-0.15, -0.1) is 0 Å². The molecule has 0 spiro atoms. The second-order valence-electron chi connectivity index (χ2n) is 8.09. The number of morpholine rings is 1. The molecular weight excluding hydrogens is 430 g/mol. The van der Waals surface area contributed by atoms with Gasteiger partial charge in [-0.1, -0.05) is 0 Å². The van der Waals surface area contributed by atoms with Gasteiger partial charge in [-0.3, -0.25) is 4.98 Å². The van der Waals surface area contributed by atoms with Gasteiger partial charge in [-0.2, -0.15) is 0 Å². The molecule has 0 amide bonds. The minimum absolute atomic E-state index is 0.482. The van der Waals surface area contributed by atoms with Crippen LogP contribution in [0.3, 0.4) is 0 Å². The predicted molar refractivity (Wildman–Crippen MR) is 132 cm³/mol. The first-order valence-corrected chi connectivity index (χ1v) is 11.5. The number of benzene rings is 1. The van der Waals surface area contributed by atoms with E-state index < -0.39 is 6.04 Å². The first-order chi connectivity index (χ1) is 16.7. The summed E-state index contributed by atoms with van der Waals surface area (Å²) in [7, 11) is 0. The summed E-state index contributed by atoms with van der Waals surface area (Å²) >= 11 is 0. The number of carbonyl (C=O) groups excluding carboxylic acids is 1. The summed E-state index contributed by atoms with van der Waals surface area (Å²) in [6, 6.07) is 11.7. The lowest BCUT2D eigenvalue weighted by molar-refractivity contribution is -0.109. The zero-order valence-corrected chi connectivity index (χ0v) is 19.0. The van der Waals surface area contributed by atoms with Gasteiger partial charge in [0.05, 0.1) is 31.7 Å². The summed E-state index contributed by atoms with van der Waals surface area (Å²) in [5.41, 5.74) is 5.38. The van der Waals surface area contributed by atoms with Crippen molar-refractivity contribution >= 4 is 29.6 Å². The average molecular weight is 458 g/mol. The van der Waals surface area contributed by atoms with E-state index in [0.29, 0.717) is 18.2 Å². The number of aromatic nitrogens is 2. The van der Waals surface area contributed by atoms with Crippen LogP contribution < -0.4 is 20.3 Å².